The molecule has 9 nitrogen and oxygen atoms in total. The van der Waals surface area contributed by atoms with Gasteiger partial charge in [-0.25, -0.2) is 4.98 Å². The molecule has 2 amide bonds. The maximum Gasteiger partial charge on any atom is 0.260 e. The van der Waals surface area contributed by atoms with Crippen molar-refractivity contribution in [2.75, 3.05) is 55.2 Å². The molecule has 0 saturated heterocycles. The summed E-state index contributed by atoms with van der Waals surface area (Å²) < 4.78 is 0. The Morgan fingerprint density at radius 3 is 2.44 bits per heavy atom. The lowest BCUT2D eigenvalue weighted by Crippen LogP contribution is -2.25. The Morgan fingerprint density at radius 2 is 1.71 bits per heavy atom. The molecule has 0 atom stereocenters. The van der Waals surface area contributed by atoms with E-state index < -0.39 is 0 Å². The molecule has 0 spiro atoms. The van der Waals surface area contributed by atoms with Gasteiger partial charge in [-0.15, -0.1) is 0 Å². The fourth-order valence-corrected chi connectivity index (χ4v) is 3.58. The van der Waals surface area contributed by atoms with Crippen molar-refractivity contribution >= 4 is 46.3 Å². The number of rotatable bonds is 6. The third-order valence-electron chi connectivity index (χ3n) is 5.38. The number of likely N-dealkylation sites (N-methyl/N-ethyl adjacent to an activating group) is 1. The molecule has 2 heterocycles. The zero-order valence-electron chi connectivity index (χ0n) is 19.6. The van der Waals surface area contributed by atoms with E-state index in [2.05, 4.69) is 20.6 Å². The first-order chi connectivity index (χ1) is 16.3. The Balaban J connectivity index is 1.51. The minimum atomic E-state index is -0.182. The zero-order valence-corrected chi connectivity index (χ0v) is 19.6. The van der Waals surface area contributed by atoms with E-state index in [9.17, 15) is 9.59 Å². The maximum absolute atomic E-state index is 12.9. The van der Waals surface area contributed by atoms with Gasteiger partial charge in [-0.3, -0.25) is 9.59 Å². The van der Waals surface area contributed by atoms with Crippen molar-refractivity contribution in [2.45, 2.75) is 0 Å². The van der Waals surface area contributed by atoms with E-state index >= 15 is 0 Å². The summed E-state index contributed by atoms with van der Waals surface area (Å²) in [5.41, 5.74) is 3.46. The first kappa shape index (κ1) is 22.9. The summed E-state index contributed by atoms with van der Waals surface area (Å²) in [5.74, 6) is 0.722. The molecule has 2 N–H and O–H groups in total. The van der Waals surface area contributed by atoms with E-state index in [1.165, 1.54) is 6.08 Å². The average molecular weight is 458 g/mol. The van der Waals surface area contributed by atoms with Crippen LogP contribution in [0.4, 0.5) is 34.5 Å². The lowest BCUT2D eigenvalue weighted by molar-refractivity contribution is -0.111. The number of fused-ring (bicyclic) bond motifs is 2. The lowest BCUT2D eigenvalue weighted by Gasteiger charge is -2.21. The molecule has 9 heteroatoms. The fraction of sp³-hybridized carbons (Fsp3) is 0.200. The van der Waals surface area contributed by atoms with E-state index in [0.717, 1.165) is 11.4 Å². The minimum absolute atomic E-state index is 0.111. The summed E-state index contributed by atoms with van der Waals surface area (Å²) in [6, 6.07) is 14.7. The number of carbonyl (C=O) groups is 2. The zero-order chi connectivity index (χ0) is 24.2. The quantitative estimate of drug-likeness (QED) is 0.546. The van der Waals surface area contributed by atoms with Crippen LogP contribution in [-0.4, -0.2) is 61.4 Å². The molecule has 0 unspecified atom stereocenters. The van der Waals surface area contributed by atoms with E-state index in [-0.39, 0.29) is 11.8 Å². The van der Waals surface area contributed by atoms with Crippen LogP contribution in [0.1, 0.15) is 10.4 Å². The standard InChI is InChI=1S/C25H27N7O2/c1-30(2)15-7-10-22(33)27-17-11-13-18(14-12-17)28-25-26-16-21-23(29-25)31(3)20-9-6-5-8-19(20)24(34)32(21)4/h5-14,16H,15H2,1-4H3,(H,27,33)(H,26,28,29)/b10-7+. The number of nitrogens with one attached hydrogen (secondary N) is 2. The summed E-state index contributed by atoms with van der Waals surface area (Å²) in [5, 5.41) is 6.02. The van der Waals surface area contributed by atoms with Gasteiger partial charge >= 0.3 is 0 Å². The van der Waals surface area contributed by atoms with Crippen molar-refractivity contribution in [2.24, 2.45) is 0 Å². The SMILES string of the molecule is CN(C)C/C=C/C(=O)Nc1ccc(Nc2ncc3c(n2)N(C)c2ccccc2C(=O)N3C)cc1. The number of aromatic nitrogens is 2. The van der Waals surface area contributed by atoms with Crippen molar-refractivity contribution in [1.82, 2.24) is 14.9 Å². The predicted molar refractivity (Wildman–Crippen MR) is 135 cm³/mol. The Labute approximate surface area is 198 Å². The minimum Gasteiger partial charge on any atom is -0.327 e. The molecule has 1 aliphatic heterocycles. The molecule has 3 aromatic rings. The van der Waals surface area contributed by atoms with Crippen LogP contribution in [0.15, 0.2) is 66.9 Å². The van der Waals surface area contributed by atoms with Crippen LogP contribution >= 0.6 is 0 Å². The van der Waals surface area contributed by atoms with Gasteiger partial charge in [0.05, 0.1) is 17.4 Å². The Morgan fingerprint density at radius 1 is 1.00 bits per heavy atom. The average Bonchev–Trinajstić information content (AvgIpc) is 2.90. The fourth-order valence-electron chi connectivity index (χ4n) is 3.58. The monoisotopic (exact) mass is 457 g/mol. The van der Waals surface area contributed by atoms with Crippen molar-refractivity contribution < 1.29 is 9.59 Å². The molecular formula is C25H27N7O2. The Hall–Kier alpha value is -4.24. The van der Waals surface area contributed by atoms with Crippen molar-refractivity contribution in [3.8, 4) is 0 Å². The van der Waals surface area contributed by atoms with Gasteiger partial charge in [0.15, 0.2) is 5.82 Å². The second kappa shape index (κ2) is 9.72. The number of anilines is 6. The number of para-hydroxylation sites is 1. The number of benzene rings is 2. The molecule has 34 heavy (non-hydrogen) atoms. The highest BCUT2D eigenvalue weighted by Crippen LogP contribution is 2.37. The summed E-state index contributed by atoms with van der Waals surface area (Å²) in [6.07, 6.45) is 4.97. The number of hydrogen-bond donors (Lipinski definition) is 2. The van der Waals surface area contributed by atoms with Crippen molar-refractivity contribution in [3.63, 3.8) is 0 Å². The van der Waals surface area contributed by atoms with Gasteiger partial charge in [0.25, 0.3) is 5.91 Å². The van der Waals surface area contributed by atoms with Gasteiger partial charge in [0.2, 0.25) is 11.9 Å². The summed E-state index contributed by atoms with van der Waals surface area (Å²) in [6.45, 7) is 0.696. The molecule has 0 radical (unpaired) electrons. The second-order valence-electron chi connectivity index (χ2n) is 8.20. The molecule has 0 fully saturated rings. The smallest absolute Gasteiger partial charge is 0.260 e. The largest absolute Gasteiger partial charge is 0.327 e. The van der Waals surface area contributed by atoms with Gasteiger partial charge in [-0.05, 0) is 50.5 Å². The third kappa shape index (κ3) is 4.89. The molecular weight excluding hydrogens is 430 g/mol. The van der Waals surface area contributed by atoms with Crippen LogP contribution < -0.4 is 20.4 Å². The molecule has 0 saturated carbocycles. The van der Waals surface area contributed by atoms with Gasteiger partial charge in [-0.1, -0.05) is 18.2 Å². The molecule has 174 valence electrons. The number of nitrogens with zero attached hydrogens (tertiary/aromatic N) is 5. The summed E-state index contributed by atoms with van der Waals surface area (Å²) in [7, 11) is 7.48. The van der Waals surface area contributed by atoms with E-state index in [0.29, 0.717) is 35.2 Å². The van der Waals surface area contributed by atoms with Gasteiger partial charge < -0.3 is 25.3 Å². The predicted octanol–water partition coefficient (Wildman–Crippen LogP) is 3.63. The van der Waals surface area contributed by atoms with Crippen molar-refractivity contribution in [3.05, 3.63) is 72.4 Å². The number of hydrogen-bond acceptors (Lipinski definition) is 7. The van der Waals surface area contributed by atoms with E-state index in [4.69, 9.17) is 0 Å². The van der Waals surface area contributed by atoms with Crippen LogP contribution in [0.25, 0.3) is 0 Å². The highest BCUT2D eigenvalue weighted by molar-refractivity contribution is 6.13. The van der Waals surface area contributed by atoms with Crippen LogP contribution in [0.5, 0.6) is 0 Å². The van der Waals surface area contributed by atoms with Gasteiger partial charge in [0, 0.05) is 38.1 Å². The van der Waals surface area contributed by atoms with Gasteiger partial charge in [-0.2, -0.15) is 4.98 Å². The molecule has 1 aromatic heterocycles. The Kier molecular flexibility index (Phi) is 6.55. The molecule has 0 aliphatic carbocycles. The normalized spacial score (nSPS) is 13.0. The molecule has 0 bridgehead atoms. The van der Waals surface area contributed by atoms with E-state index in [1.807, 2.05) is 67.3 Å². The molecule has 1 aliphatic rings. The summed E-state index contributed by atoms with van der Waals surface area (Å²) in [4.78, 5) is 39.4. The van der Waals surface area contributed by atoms with Crippen LogP contribution in [-0.2, 0) is 4.79 Å². The summed E-state index contributed by atoms with van der Waals surface area (Å²) >= 11 is 0. The first-order valence-corrected chi connectivity index (χ1v) is 10.8. The van der Waals surface area contributed by atoms with Crippen LogP contribution in [0.2, 0.25) is 0 Å². The Bertz CT molecular complexity index is 1240. The topological polar surface area (TPSA) is 93.7 Å². The van der Waals surface area contributed by atoms with E-state index in [1.54, 1.807) is 36.4 Å². The first-order valence-electron chi connectivity index (χ1n) is 10.8. The molecule has 2 aromatic carbocycles. The van der Waals surface area contributed by atoms with Crippen LogP contribution in [0.3, 0.4) is 0 Å². The second-order valence-corrected chi connectivity index (χ2v) is 8.20. The lowest BCUT2D eigenvalue weighted by atomic mass is 10.1. The highest BCUT2D eigenvalue weighted by atomic mass is 16.2. The maximum atomic E-state index is 12.9. The number of carbonyl (C=O) groups excluding carboxylic acids is 2. The van der Waals surface area contributed by atoms with Crippen molar-refractivity contribution in [1.29, 1.82) is 0 Å². The highest BCUT2D eigenvalue weighted by Gasteiger charge is 2.28. The van der Waals surface area contributed by atoms with Gasteiger partial charge in [0.1, 0.15) is 5.69 Å². The molecule has 4 rings (SSSR count). The third-order valence-corrected chi connectivity index (χ3v) is 5.38. The van der Waals surface area contributed by atoms with Crippen LogP contribution in [0, 0.1) is 0 Å². The number of amides is 2.